The zero-order valence-corrected chi connectivity index (χ0v) is 13.4. The number of nitrogens with zero attached hydrogens (tertiary/aromatic N) is 1. The van der Waals surface area contributed by atoms with Crippen molar-refractivity contribution in [3.63, 3.8) is 0 Å². The van der Waals surface area contributed by atoms with Crippen LogP contribution in [0.25, 0.3) is 0 Å². The van der Waals surface area contributed by atoms with Crippen LogP contribution in [0.1, 0.15) is 30.3 Å². The van der Waals surface area contributed by atoms with Gasteiger partial charge >= 0.3 is 0 Å². The smallest absolute Gasteiger partial charge is 0.267 e. The van der Waals surface area contributed by atoms with Crippen molar-refractivity contribution in [1.82, 2.24) is 14.6 Å². The van der Waals surface area contributed by atoms with Gasteiger partial charge in [-0.1, -0.05) is 13.3 Å². The van der Waals surface area contributed by atoms with Crippen molar-refractivity contribution < 1.29 is 18.3 Å². The highest BCUT2D eigenvalue weighted by atomic mass is 32.2. The first kappa shape index (κ1) is 17.7. The molecule has 0 aromatic carbocycles. The van der Waals surface area contributed by atoms with E-state index in [0.717, 1.165) is 6.42 Å². The van der Waals surface area contributed by atoms with Crippen molar-refractivity contribution in [3.8, 4) is 0 Å². The Morgan fingerprint density at radius 1 is 1.48 bits per heavy atom. The summed E-state index contributed by atoms with van der Waals surface area (Å²) in [5.41, 5.74) is 0.280. The SMILES string of the molecule is CCC(CCO)CNC(=O)c1cc(S(=O)(=O)NC)cn1C. The van der Waals surface area contributed by atoms with Gasteiger partial charge in [0.05, 0.1) is 0 Å². The molecule has 8 heteroatoms. The van der Waals surface area contributed by atoms with Crippen LogP contribution in [0, 0.1) is 5.92 Å². The van der Waals surface area contributed by atoms with E-state index in [9.17, 15) is 13.2 Å². The molecule has 0 bridgehead atoms. The molecular weight excluding hydrogens is 294 g/mol. The lowest BCUT2D eigenvalue weighted by Gasteiger charge is -2.14. The third-order valence-electron chi connectivity index (χ3n) is 3.46. The Hall–Kier alpha value is -1.38. The first-order valence-electron chi connectivity index (χ1n) is 6.84. The van der Waals surface area contributed by atoms with Crippen LogP contribution in [-0.4, -0.2) is 44.2 Å². The van der Waals surface area contributed by atoms with Gasteiger partial charge in [0.2, 0.25) is 10.0 Å². The highest BCUT2D eigenvalue weighted by Gasteiger charge is 2.19. The van der Waals surface area contributed by atoms with Crippen molar-refractivity contribution in [2.24, 2.45) is 13.0 Å². The highest BCUT2D eigenvalue weighted by Crippen LogP contribution is 2.13. The second-order valence-corrected chi connectivity index (χ2v) is 6.76. The summed E-state index contributed by atoms with van der Waals surface area (Å²) in [4.78, 5) is 12.2. The Balaban J connectivity index is 2.80. The van der Waals surface area contributed by atoms with Crippen molar-refractivity contribution in [2.45, 2.75) is 24.7 Å². The van der Waals surface area contributed by atoms with Gasteiger partial charge in [0.1, 0.15) is 10.6 Å². The minimum absolute atomic E-state index is 0.0556. The van der Waals surface area contributed by atoms with Gasteiger partial charge in [-0.25, -0.2) is 13.1 Å². The fraction of sp³-hybridized carbons (Fsp3) is 0.615. The molecule has 7 nitrogen and oxygen atoms in total. The van der Waals surface area contributed by atoms with Crippen molar-refractivity contribution in [3.05, 3.63) is 18.0 Å². The molecule has 0 spiro atoms. The van der Waals surface area contributed by atoms with Gasteiger partial charge in [0.15, 0.2) is 0 Å². The molecule has 120 valence electrons. The van der Waals surface area contributed by atoms with Gasteiger partial charge < -0.3 is 15.0 Å². The molecule has 21 heavy (non-hydrogen) atoms. The number of hydrogen-bond acceptors (Lipinski definition) is 4. The van der Waals surface area contributed by atoms with E-state index in [1.165, 1.54) is 23.9 Å². The predicted octanol–water partition coefficient (Wildman–Crippen LogP) is 0.0716. The van der Waals surface area contributed by atoms with Crippen LogP contribution in [0.5, 0.6) is 0 Å². The van der Waals surface area contributed by atoms with Gasteiger partial charge in [-0.05, 0) is 25.5 Å². The first-order chi connectivity index (χ1) is 9.85. The molecule has 0 aliphatic carbocycles. The molecule has 1 aromatic heterocycles. The number of aliphatic hydroxyl groups is 1. The first-order valence-corrected chi connectivity index (χ1v) is 8.33. The van der Waals surface area contributed by atoms with Gasteiger partial charge in [0.25, 0.3) is 5.91 Å². The normalized spacial score (nSPS) is 13.1. The zero-order chi connectivity index (χ0) is 16.0. The molecular formula is C13H23N3O4S. The van der Waals surface area contributed by atoms with Crippen LogP contribution in [0.3, 0.4) is 0 Å². The lowest BCUT2D eigenvalue weighted by molar-refractivity contribution is 0.0935. The maximum Gasteiger partial charge on any atom is 0.267 e. The molecule has 0 radical (unpaired) electrons. The number of nitrogens with one attached hydrogen (secondary N) is 2. The van der Waals surface area contributed by atoms with Crippen LogP contribution in [-0.2, 0) is 17.1 Å². The zero-order valence-electron chi connectivity index (χ0n) is 12.6. The molecule has 1 heterocycles. The maximum absolute atomic E-state index is 12.1. The average molecular weight is 317 g/mol. The molecule has 1 rings (SSSR count). The number of hydrogen-bond donors (Lipinski definition) is 3. The summed E-state index contributed by atoms with van der Waals surface area (Å²) in [6.07, 6.45) is 2.88. The number of aryl methyl sites for hydroxylation is 1. The van der Waals surface area contributed by atoms with E-state index < -0.39 is 10.0 Å². The summed E-state index contributed by atoms with van der Waals surface area (Å²) in [5, 5.41) is 11.7. The fourth-order valence-corrected chi connectivity index (χ4v) is 2.78. The molecule has 0 aliphatic rings. The van der Waals surface area contributed by atoms with Crippen LogP contribution in [0.2, 0.25) is 0 Å². The topological polar surface area (TPSA) is 100 Å². The monoisotopic (exact) mass is 317 g/mol. The van der Waals surface area contributed by atoms with Gasteiger partial charge in [-0.3, -0.25) is 4.79 Å². The Labute approximate surface area is 125 Å². The third kappa shape index (κ3) is 4.55. The van der Waals surface area contributed by atoms with E-state index in [4.69, 9.17) is 5.11 Å². The lowest BCUT2D eigenvalue weighted by Crippen LogP contribution is -2.30. The molecule has 1 aromatic rings. The number of aliphatic hydroxyl groups excluding tert-OH is 1. The van der Waals surface area contributed by atoms with E-state index in [1.54, 1.807) is 7.05 Å². The molecule has 0 fully saturated rings. The standard InChI is InChI=1S/C13H23N3O4S/c1-4-10(5-6-17)8-15-13(18)12-7-11(9-16(12)3)21(19,20)14-2/h7,9-10,14,17H,4-6,8H2,1-3H3,(H,15,18). The highest BCUT2D eigenvalue weighted by molar-refractivity contribution is 7.89. The average Bonchev–Trinajstić information content (AvgIpc) is 2.86. The van der Waals surface area contributed by atoms with E-state index >= 15 is 0 Å². The van der Waals surface area contributed by atoms with Gasteiger partial charge in [-0.2, -0.15) is 0 Å². The number of carbonyl (C=O) groups excluding carboxylic acids is 1. The predicted molar refractivity (Wildman–Crippen MR) is 79.5 cm³/mol. The molecule has 3 N–H and O–H groups in total. The van der Waals surface area contributed by atoms with Crippen molar-refractivity contribution in [1.29, 1.82) is 0 Å². The summed E-state index contributed by atoms with van der Waals surface area (Å²) in [6, 6.07) is 1.34. The minimum Gasteiger partial charge on any atom is -0.396 e. The maximum atomic E-state index is 12.1. The molecule has 1 amide bonds. The second kappa shape index (κ2) is 7.58. The van der Waals surface area contributed by atoms with Crippen molar-refractivity contribution in [2.75, 3.05) is 20.2 Å². The van der Waals surface area contributed by atoms with Crippen LogP contribution in [0.15, 0.2) is 17.2 Å². The van der Waals surface area contributed by atoms with Gasteiger partial charge in [0, 0.05) is 26.4 Å². The van der Waals surface area contributed by atoms with E-state index in [-0.39, 0.29) is 29.0 Å². The number of rotatable bonds is 8. The quantitative estimate of drug-likeness (QED) is 0.632. The molecule has 0 saturated carbocycles. The molecule has 1 unspecified atom stereocenters. The summed E-state index contributed by atoms with van der Waals surface area (Å²) >= 11 is 0. The summed E-state index contributed by atoms with van der Waals surface area (Å²) in [5.74, 6) is -0.119. The Bertz CT molecular complexity index is 580. The summed E-state index contributed by atoms with van der Waals surface area (Å²) < 4.78 is 27.1. The molecule has 1 atom stereocenters. The molecule has 0 aliphatic heterocycles. The number of aromatic nitrogens is 1. The van der Waals surface area contributed by atoms with Crippen molar-refractivity contribution >= 4 is 15.9 Å². The van der Waals surface area contributed by atoms with Gasteiger partial charge in [-0.15, -0.1) is 0 Å². The van der Waals surface area contributed by atoms with Crippen LogP contribution in [0.4, 0.5) is 0 Å². The fourth-order valence-electron chi connectivity index (χ4n) is 1.99. The summed E-state index contributed by atoms with van der Waals surface area (Å²) in [6.45, 7) is 2.53. The summed E-state index contributed by atoms with van der Waals surface area (Å²) in [7, 11) is -0.620. The van der Waals surface area contributed by atoms with Crippen LogP contribution < -0.4 is 10.0 Å². The Kier molecular flexibility index (Phi) is 6.38. The van der Waals surface area contributed by atoms with E-state index in [2.05, 4.69) is 10.0 Å². The Morgan fingerprint density at radius 3 is 2.67 bits per heavy atom. The largest absolute Gasteiger partial charge is 0.396 e. The molecule has 0 saturated heterocycles. The lowest BCUT2D eigenvalue weighted by atomic mass is 10.0. The number of sulfonamides is 1. The number of carbonyl (C=O) groups is 1. The minimum atomic E-state index is -3.56. The van der Waals surface area contributed by atoms with E-state index in [0.29, 0.717) is 13.0 Å². The van der Waals surface area contributed by atoms with Crippen LogP contribution >= 0.6 is 0 Å². The second-order valence-electron chi connectivity index (χ2n) is 4.88. The number of amides is 1. The van der Waals surface area contributed by atoms with E-state index in [1.807, 2.05) is 6.92 Å². The third-order valence-corrected chi connectivity index (χ3v) is 4.84. The Morgan fingerprint density at radius 2 is 2.14 bits per heavy atom.